The number of aliphatic carboxylic acids is 1. The van der Waals surface area contributed by atoms with Gasteiger partial charge in [-0.15, -0.1) is 0 Å². The molecule has 2 fully saturated rings. The van der Waals surface area contributed by atoms with Crippen LogP contribution in [0.5, 0.6) is 0 Å². The average molecular weight is 495 g/mol. The van der Waals surface area contributed by atoms with E-state index < -0.39 is 12.1 Å². The second-order valence-corrected chi connectivity index (χ2v) is 11.2. The normalized spacial score (nSPS) is 22.9. The average Bonchev–Trinajstić information content (AvgIpc) is 2.86. The van der Waals surface area contributed by atoms with Crippen LogP contribution >= 0.6 is 0 Å². The molecule has 0 amide bonds. The zero-order valence-electron chi connectivity index (χ0n) is 23.0. The number of rotatable bonds is 18. The van der Waals surface area contributed by atoms with Crippen molar-refractivity contribution in [1.29, 1.82) is 0 Å². The minimum atomic E-state index is -0.664. The third-order valence-corrected chi connectivity index (χ3v) is 8.16. The quantitative estimate of drug-likeness (QED) is 0.132. The summed E-state index contributed by atoms with van der Waals surface area (Å²) in [5.74, 6) is 1.81. The van der Waals surface area contributed by atoms with Crippen molar-refractivity contribution in [2.45, 2.75) is 154 Å². The van der Waals surface area contributed by atoms with Gasteiger partial charge in [-0.2, -0.15) is 0 Å². The predicted molar refractivity (Wildman–Crippen MR) is 148 cm³/mol. The molecule has 35 heavy (non-hydrogen) atoms. The zero-order valence-corrected chi connectivity index (χ0v) is 23.0. The van der Waals surface area contributed by atoms with Crippen molar-refractivity contribution in [2.24, 2.45) is 17.8 Å². The SMILES string of the molecule is CCCCCCCC/C=C\CCCCCCCC(=O)O.OCC(O)CC1CCCC2CCCCC21. The van der Waals surface area contributed by atoms with Gasteiger partial charge in [0.25, 0.3) is 0 Å². The van der Waals surface area contributed by atoms with Crippen LogP contribution in [0.2, 0.25) is 0 Å². The lowest BCUT2D eigenvalue weighted by Gasteiger charge is -2.42. The molecule has 4 heteroatoms. The number of hydrogen-bond donors (Lipinski definition) is 3. The fraction of sp³-hybridized carbons (Fsp3) is 0.903. The molecule has 0 aromatic rings. The minimum Gasteiger partial charge on any atom is -0.481 e. The minimum absolute atomic E-state index is 0.0616. The summed E-state index contributed by atoms with van der Waals surface area (Å²) in [6, 6.07) is 0. The van der Waals surface area contributed by atoms with Gasteiger partial charge in [-0.1, -0.05) is 109 Å². The molecule has 4 nitrogen and oxygen atoms in total. The molecular formula is C31H58O4. The maximum absolute atomic E-state index is 10.3. The fourth-order valence-corrected chi connectivity index (χ4v) is 6.14. The lowest BCUT2D eigenvalue weighted by atomic mass is 9.64. The van der Waals surface area contributed by atoms with Gasteiger partial charge in [-0.05, 0) is 62.7 Å². The molecule has 0 heterocycles. The Bertz CT molecular complexity index is 516. The molecular weight excluding hydrogens is 436 g/mol. The van der Waals surface area contributed by atoms with E-state index in [1.807, 2.05) is 0 Å². The predicted octanol–water partition coefficient (Wildman–Crippen LogP) is 8.44. The van der Waals surface area contributed by atoms with E-state index in [1.54, 1.807) is 0 Å². The van der Waals surface area contributed by atoms with Gasteiger partial charge in [0, 0.05) is 6.42 Å². The van der Waals surface area contributed by atoms with Gasteiger partial charge in [0.2, 0.25) is 0 Å². The highest BCUT2D eigenvalue weighted by atomic mass is 16.4. The van der Waals surface area contributed by atoms with Crippen molar-refractivity contribution in [3.63, 3.8) is 0 Å². The van der Waals surface area contributed by atoms with Crippen LogP contribution in [0.1, 0.15) is 148 Å². The van der Waals surface area contributed by atoms with Gasteiger partial charge in [0.15, 0.2) is 0 Å². The van der Waals surface area contributed by atoms with E-state index in [0.29, 0.717) is 12.3 Å². The zero-order chi connectivity index (χ0) is 25.6. The summed E-state index contributed by atoms with van der Waals surface area (Å²) in [7, 11) is 0. The summed E-state index contributed by atoms with van der Waals surface area (Å²) in [6.07, 6.45) is 31.2. The second-order valence-electron chi connectivity index (χ2n) is 11.2. The number of hydrogen-bond acceptors (Lipinski definition) is 3. The van der Waals surface area contributed by atoms with E-state index in [-0.39, 0.29) is 6.61 Å². The van der Waals surface area contributed by atoms with Crippen LogP contribution in [-0.4, -0.2) is 34.0 Å². The molecule has 0 aliphatic heterocycles. The van der Waals surface area contributed by atoms with E-state index in [1.165, 1.54) is 116 Å². The van der Waals surface area contributed by atoms with E-state index in [9.17, 15) is 9.90 Å². The summed E-state index contributed by atoms with van der Waals surface area (Å²) in [5, 5.41) is 27.0. The molecule has 0 aromatic carbocycles. The molecule has 2 aliphatic carbocycles. The topological polar surface area (TPSA) is 77.8 Å². The Hall–Kier alpha value is -0.870. The Morgan fingerprint density at radius 3 is 2.00 bits per heavy atom. The number of fused-ring (bicyclic) bond motifs is 1. The Labute approximate surface area is 217 Å². The van der Waals surface area contributed by atoms with Crippen molar-refractivity contribution >= 4 is 5.97 Å². The van der Waals surface area contributed by atoms with Crippen LogP contribution in [0.4, 0.5) is 0 Å². The maximum Gasteiger partial charge on any atom is 0.303 e. The highest BCUT2D eigenvalue weighted by Gasteiger charge is 2.35. The largest absolute Gasteiger partial charge is 0.481 e. The van der Waals surface area contributed by atoms with Gasteiger partial charge in [0.1, 0.15) is 0 Å². The fourth-order valence-electron chi connectivity index (χ4n) is 6.14. The Balaban J connectivity index is 0.000000362. The number of carbonyl (C=O) groups is 1. The molecule has 0 saturated heterocycles. The van der Waals surface area contributed by atoms with E-state index in [4.69, 9.17) is 10.2 Å². The molecule has 4 atom stereocenters. The van der Waals surface area contributed by atoms with Crippen LogP contribution < -0.4 is 0 Å². The number of carboxylic acids is 1. The van der Waals surface area contributed by atoms with Crippen molar-refractivity contribution in [3.8, 4) is 0 Å². The van der Waals surface area contributed by atoms with Crippen LogP contribution in [0.25, 0.3) is 0 Å². The summed E-state index contributed by atoms with van der Waals surface area (Å²) in [5.41, 5.74) is 0. The van der Waals surface area contributed by atoms with Gasteiger partial charge in [-0.25, -0.2) is 0 Å². The standard InChI is InChI=1S/C18H34O2.C13H24O2/c1-2-3-4-5-6-7-8-9-10-11-12-13-14-15-16-17-18(19)20;14-9-12(15)8-11-6-3-5-10-4-1-2-7-13(10)11/h9-10H,2-8,11-17H2,1H3,(H,19,20);10-15H,1-9H2/b10-9-;. The first-order valence-electron chi connectivity index (χ1n) is 15.2. The van der Waals surface area contributed by atoms with Crippen LogP contribution in [-0.2, 0) is 4.79 Å². The van der Waals surface area contributed by atoms with Crippen molar-refractivity contribution < 1.29 is 20.1 Å². The first-order valence-corrected chi connectivity index (χ1v) is 15.2. The number of carboxylic acid groups (broad SMARTS) is 1. The molecule has 4 unspecified atom stereocenters. The van der Waals surface area contributed by atoms with Crippen molar-refractivity contribution in [3.05, 3.63) is 12.2 Å². The molecule has 2 saturated carbocycles. The molecule has 2 aliphatic rings. The highest BCUT2D eigenvalue weighted by Crippen LogP contribution is 2.45. The van der Waals surface area contributed by atoms with Gasteiger partial charge < -0.3 is 15.3 Å². The number of allylic oxidation sites excluding steroid dienone is 2. The van der Waals surface area contributed by atoms with Crippen LogP contribution in [0, 0.1) is 17.8 Å². The first kappa shape index (κ1) is 32.2. The third-order valence-electron chi connectivity index (χ3n) is 8.16. The molecule has 0 bridgehead atoms. The first-order chi connectivity index (χ1) is 17.1. The van der Waals surface area contributed by atoms with E-state index >= 15 is 0 Å². The molecule has 206 valence electrons. The molecule has 0 spiro atoms. The summed E-state index contributed by atoms with van der Waals surface area (Å²) >= 11 is 0. The van der Waals surface area contributed by atoms with Crippen molar-refractivity contribution in [1.82, 2.24) is 0 Å². The Morgan fingerprint density at radius 2 is 1.37 bits per heavy atom. The summed E-state index contributed by atoms with van der Waals surface area (Å²) in [6.45, 7) is 2.20. The van der Waals surface area contributed by atoms with Crippen LogP contribution in [0.15, 0.2) is 12.2 Å². The molecule has 0 radical (unpaired) electrons. The summed E-state index contributed by atoms with van der Waals surface area (Å²) in [4.78, 5) is 10.3. The van der Waals surface area contributed by atoms with Gasteiger partial charge in [-0.3, -0.25) is 4.79 Å². The highest BCUT2D eigenvalue weighted by molar-refractivity contribution is 5.66. The monoisotopic (exact) mass is 494 g/mol. The lowest BCUT2D eigenvalue weighted by Crippen LogP contribution is -2.33. The molecule has 2 rings (SSSR count). The lowest BCUT2D eigenvalue weighted by molar-refractivity contribution is -0.137. The van der Waals surface area contributed by atoms with E-state index in [0.717, 1.165) is 31.1 Å². The second kappa shape index (κ2) is 22.3. The number of aliphatic hydroxyl groups excluding tert-OH is 2. The third kappa shape index (κ3) is 17.3. The summed E-state index contributed by atoms with van der Waals surface area (Å²) < 4.78 is 0. The van der Waals surface area contributed by atoms with Crippen LogP contribution in [0.3, 0.4) is 0 Å². The van der Waals surface area contributed by atoms with Crippen molar-refractivity contribution in [2.75, 3.05) is 6.61 Å². The van der Waals surface area contributed by atoms with E-state index in [2.05, 4.69) is 19.1 Å². The molecule has 0 aromatic heterocycles. The maximum atomic E-state index is 10.3. The Kier molecular flexibility index (Phi) is 20.5. The molecule has 3 N–H and O–H groups in total. The Morgan fingerprint density at radius 1 is 0.800 bits per heavy atom. The number of aliphatic hydroxyl groups is 2. The number of unbranched alkanes of at least 4 members (excludes halogenated alkanes) is 11. The van der Waals surface area contributed by atoms with Gasteiger partial charge >= 0.3 is 5.97 Å². The van der Waals surface area contributed by atoms with Gasteiger partial charge in [0.05, 0.1) is 12.7 Å². The smallest absolute Gasteiger partial charge is 0.303 e.